The predicted molar refractivity (Wildman–Crippen MR) is 28.9 cm³/mol. The largest absolute Gasteiger partial charge is 0.508 e. The van der Waals surface area contributed by atoms with E-state index in [1.54, 1.807) is 0 Å². The number of alkyl halides is 1. The van der Waals surface area contributed by atoms with Crippen molar-refractivity contribution in [2.75, 3.05) is 0 Å². The van der Waals surface area contributed by atoms with E-state index in [-0.39, 0.29) is 0 Å². The lowest BCUT2D eigenvalue weighted by atomic mass is 10.5. The summed E-state index contributed by atoms with van der Waals surface area (Å²) in [6.07, 6.45) is -3.58. The first-order valence-electron chi connectivity index (χ1n) is 2.40. The van der Waals surface area contributed by atoms with Crippen molar-refractivity contribution in [3.63, 3.8) is 0 Å². The fraction of sp³-hybridized carbons (Fsp3) is 0.400. The molecule has 10 heavy (non-hydrogen) atoms. The molecule has 0 aromatic heterocycles. The number of rotatable bonds is 2. The van der Waals surface area contributed by atoms with Crippen molar-refractivity contribution in [3.8, 4) is 0 Å². The first kappa shape index (κ1) is 8.87. The molecule has 0 saturated carbocycles. The van der Waals surface area contributed by atoms with E-state index in [9.17, 15) is 13.6 Å². The molecule has 1 N–H and O–H groups in total. The second-order valence-corrected chi connectivity index (χ2v) is 1.49. The maximum absolute atomic E-state index is 12.0. The number of ether oxygens (including phenoxy) is 1. The molecule has 0 amide bonds. The van der Waals surface area contributed by atoms with Crippen molar-refractivity contribution >= 4 is 6.16 Å². The molecule has 0 fully saturated rings. The van der Waals surface area contributed by atoms with Crippen molar-refractivity contribution < 1.29 is 23.4 Å². The molecule has 0 aromatic carbocycles. The number of allylic oxidation sites excluding steroid dienone is 1. The molecule has 0 spiro atoms. The summed E-state index contributed by atoms with van der Waals surface area (Å²) in [7, 11) is 0. The van der Waals surface area contributed by atoms with E-state index >= 15 is 0 Å². The summed E-state index contributed by atoms with van der Waals surface area (Å²) in [6, 6.07) is 0. The Balaban J connectivity index is 3.75. The second-order valence-electron chi connectivity index (χ2n) is 1.49. The van der Waals surface area contributed by atoms with Crippen LogP contribution in [0.15, 0.2) is 11.9 Å². The number of hydrogen-bond acceptors (Lipinski definition) is 2. The van der Waals surface area contributed by atoms with E-state index in [0.717, 1.165) is 6.92 Å². The Hall–Kier alpha value is -1.13. The highest BCUT2D eigenvalue weighted by molar-refractivity contribution is 5.57. The van der Waals surface area contributed by atoms with Crippen molar-refractivity contribution in [1.29, 1.82) is 0 Å². The minimum atomic E-state index is -2.22. The van der Waals surface area contributed by atoms with Crippen LogP contribution < -0.4 is 0 Å². The van der Waals surface area contributed by atoms with Crippen molar-refractivity contribution in [1.82, 2.24) is 0 Å². The van der Waals surface area contributed by atoms with Gasteiger partial charge in [-0.25, -0.2) is 9.18 Å². The van der Waals surface area contributed by atoms with Gasteiger partial charge in [-0.3, -0.25) is 0 Å². The lowest BCUT2D eigenvalue weighted by molar-refractivity contribution is 0.0127. The molecular formula is C5H6F2O3. The van der Waals surface area contributed by atoms with Gasteiger partial charge in [0, 0.05) is 6.08 Å². The van der Waals surface area contributed by atoms with Crippen LogP contribution in [0, 0.1) is 0 Å². The van der Waals surface area contributed by atoms with E-state index in [1.807, 2.05) is 0 Å². The van der Waals surface area contributed by atoms with Crippen LogP contribution in [0.5, 0.6) is 0 Å². The number of carbonyl (C=O) groups is 1. The van der Waals surface area contributed by atoms with Gasteiger partial charge in [-0.2, -0.15) is 4.39 Å². The molecular weight excluding hydrogens is 146 g/mol. The average Bonchev–Trinajstić information content (AvgIpc) is 1.58. The van der Waals surface area contributed by atoms with Crippen molar-refractivity contribution in [2.24, 2.45) is 0 Å². The number of halogens is 2. The first-order valence-corrected chi connectivity index (χ1v) is 2.40. The molecule has 0 saturated heterocycles. The Morgan fingerprint density at radius 3 is 2.60 bits per heavy atom. The summed E-state index contributed by atoms with van der Waals surface area (Å²) in [5.41, 5.74) is 0. The summed E-state index contributed by atoms with van der Waals surface area (Å²) in [5.74, 6) is -0.825. The highest BCUT2D eigenvalue weighted by Gasteiger charge is 2.07. The highest BCUT2D eigenvalue weighted by Crippen LogP contribution is 2.02. The van der Waals surface area contributed by atoms with E-state index in [2.05, 4.69) is 4.74 Å². The fourth-order valence-corrected chi connectivity index (χ4v) is 0.311. The highest BCUT2D eigenvalue weighted by atomic mass is 19.1. The van der Waals surface area contributed by atoms with Crippen LogP contribution in [0.2, 0.25) is 0 Å². The summed E-state index contributed by atoms with van der Waals surface area (Å²) in [4.78, 5) is 9.58. The molecule has 1 unspecified atom stereocenters. The van der Waals surface area contributed by atoms with E-state index in [0.29, 0.717) is 6.08 Å². The molecule has 0 radical (unpaired) electrons. The molecule has 3 nitrogen and oxygen atoms in total. The van der Waals surface area contributed by atoms with E-state index < -0.39 is 18.3 Å². The molecule has 0 aliphatic heterocycles. The average molecular weight is 152 g/mol. The van der Waals surface area contributed by atoms with Gasteiger partial charge >= 0.3 is 6.16 Å². The van der Waals surface area contributed by atoms with Crippen LogP contribution >= 0.6 is 0 Å². The molecule has 0 bridgehead atoms. The Morgan fingerprint density at radius 2 is 2.30 bits per heavy atom. The second kappa shape index (κ2) is 3.81. The topological polar surface area (TPSA) is 46.5 Å². The zero-order chi connectivity index (χ0) is 8.15. The monoisotopic (exact) mass is 152 g/mol. The standard InChI is InChI=1S/C5H6F2O3/c1-3(6)2-4(7)10-5(8)9/h2,4H,1H3,(H,8,9). The normalized spacial score (nSPS) is 14.5. The van der Waals surface area contributed by atoms with Gasteiger partial charge in [-0.15, -0.1) is 0 Å². The zero-order valence-electron chi connectivity index (χ0n) is 5.17. The maximum atomic E-state index is 12.0. The smallest absolute Gasteiger partial charge is 0.450 e. The van der Waals surface area contributed by atoms with Gasteiger partial charge in [0.1, 0.15) is 0 Å². The number of carboxylic acid groups (broad SMARTS) is 1. The van der Waals surface area contributed by atoms with Crippen molar-refractivity contribution in [3.05, 3.63) is 11.9 Å². The van der Waals surface area contributed by atoms with Gasteiger partial charge < -0.3 is 9.84 Å². The Kier molecular flexibility index (Phi) is 3.38. The molecule has 0 rings (SSSR count). The summed E-state index contributed by atoms with van der Waals surface area (Å²) < 4.78 is 27.2. The van der Waals surface area contributed by atoms with E-state index in [4.69, 9.17) is 5.11 Å². The molecule has 1 atom stereocenters. The van der Waals surface area contributed by atoms with Crippen LogP contribution in [0.3, 0.4) is 0 Å². The third-order valence-corrected chi connectivity index (χ3v) is 0.574. The van der Waals surface area contributed by atoms with Crippen LogP contribution in [0.4, 0.5) is 13.6 Å². The Labute approximate surface area is 55.9 Å². The van der Waals surface area contributed by atoms with Gasteiger partial charge in [0.2, 0.25) is 0 Å². The summed E-state index contributed by atoms with van der Waals surface area (Å²) in [6.45, 7) is 0.984. The summed E-state index contributed by atoms with van der Waals surface area (Å²) in [5, 5.41) is 7.78. The number of hydrogen-bond donors (Lipinski definition) is 1. The lowest BCUT2D eigenvalue weighted by Crippen LogP contribution is -2.08. The van der Waals surface area contributed by atoms with Gasteiger partial charge in [0.15, 0.2) is 0 Å². The Bertz CT molecular complexity index is 151. The van der Waals surface area contributed by atoms with Gasteiger partial charge in [-0.1, -0.05) is 0 Å². The van der Waals surface area contributed by atoms with Crippen molar-refractivity contribution in [2.45, 2.75) is 13.3 Å². The van der Waals surface area contributed by atoms with Crippen LogP contribution in [-0.2, 0) is 4.74 Å². The van der Waals surface area contributed by atoms with Gasteiger partial charge in [-0.05, 0) is 6.92 Å². The summed E-state index contributed by atoms with van der Waals surface area (Å²) >= 11 is 0. The predicted octanol–water partition coefficient (Wildman–Crippen LogP) is 1.85. The molecule has 0 aromatic rings. The first-order chi connectivity index (χ1) is 4.52. The van der Waals surface area contributed by atoms with Gasteiger partial charge in [0.05, 0.1) is 5.83 Å². The fourth-order valence-electron chi connectivity index (χ4n) is 0.311. The van der Waals surface area contributed by atoms with Crippen LogP contribution in [-0.4, -0.2) is 17.6 Å². The third-order valence-electron chi connectivity index (χ3n) is 0.574. The molecule has 58 valence electrons. The Morgan fingerprint density at radius 1 is 1.80 bits per heavy atom. The SMILES string of the molecule is CC(F)=CC(F)OC(=O)O. The minimum absolute atomic E-state index is 0.411. The zero-order valence-corrected chi connectivity index (χ0v) is 5.17. The maximum Gasteiger partial charge on any atom is 0.508 e. The van der Waals surface area contributed by atoms with Crippen LogP contribution in [0.25, 0.3) is 0 Å². The quantitative estimate of drug-likeness (QED) is 0.614. The minimum Gasteiger partial charge on any atom is -0.450 e. The molecule has 0 aliphatic rings. The third kappa shape index (κ3) is 5.02. The molecule has 5 heteroatoms. The van der Waals surface area contributed by atoms with E-state index in [1.165, 1.54) is 0 Å². The van der Waals surface area contributed by atoms with Gasteiger partial charge in [0.25, 0.3) is 6.36 Å². The van der Waals surface area contributed by atoms with Crippen LogP contribution in [0.1, 0.15) is 6.92 Å². The lowest BCUT2D eigenvalue weighted by Gasteiger charge is -1.99. The molecule has 0 aliphatic carbocycles. The molecule has 0 heterocycles.